The first-order valence-electron chi connectivity index (χ1n) is 5.50. The van der Waals surface area contributed by atoms with Crippen molar-refractivity contribution in [3.8, 4) is 0 Å². The number of aromatic nitrogens is 2. The molecule has 1 aromatic heterocycles. The van der Waals surface area contributed by atoms with Crippen LogP contribution in [0.5, 0.6) is 0 Å². The Morgan fingerprint density at radius 2 is 2.24 bits per heavy atom. The van der Waals surface area contributed by atoms with E-state index in [1.165, 1.54) is 4.90 Å². The van der Waals surface area contributed by atoms with Crippen LogP contribution in [0.3, 0.4) is 0 Å². The van der Waals surface area contributed by atoms with Gasteiger partial charge in [0, 0.05) is 26.0 Å². The highest BCUT2D eigenvalue weighted by Crippen LogP contribution is 1.95. The molecule has 1 heterocycles. The van der Waals surface area contributed by atoms with Crippen LogP contribution < -0.4 is 0 Å². The van der Waals surface area contributed by atoms with Crippen molar-refractivity contribution in [3.63, 3.8) is 0 Å². The Labute approximate surface area is 100 Å². The first-order chi connectivity index (χ1) is 8.13. The number of likely N-dealkylation sites (N-methyl/N-ethyl adjacent to an activating group) is 1. The molecule has 0 aliphatic carbocycles. The topological polar surface area (TPSA) is 64.4 Å². The Balaban J connectivity index is 2.29. The van der Waals surface area contributed by atoms with Gasteiger partial charge in [-0.05, 0) is 13.0 Å². The van der Waals surface area contributed by atoms with Gasteiger partial charge in [-0.3, -0.25) is 14.3 Å². The van der Waals surface area contributed by atoms with Gasteiger partial charge >= 0.3 is 5.97 Å². The lowest BCUT2D eigenvalue weighted by Gasteiger charge is -2.16. The van der Waals surface area contributed by atoms with Crippen molar-refractivity contribution in [2.24, 2.45) is 0 Å². The van der Waals surface area contributed by atoms with E-state index in [-0.39, 0.29) is 24.8 Å². The van der Waals surface area contributed by atoms with Crippen LogP contribution in [0.15, 0.2) is 18.5 Å². The van der Waals surface area contributed by atoms with Crippen molar-refractivity contribution in [2.75, 3.05) is 20.2 Å². The molecular formula is C11H17N3O3. The van der Waals surface area contributed by atoms with Crippen molar-refractivity contribution in [2.45, 2.75) is 19.9 Å². The predicted molar refractivity (Wildman–Crippen MR) is 61.1 cm³/mol. The maximum absolute atomic E-state index is 11.7. The molecule has 0 spiro atoms. The summed E-state index contributed by atoms with van der Waals surface area (Å²) >= 11 is 0. The highest BCUT2D eigenvalue weighted by atomic mass is 16.5. The van der Waals surface area contributed by atoms with E-state index in [4.69, 9.17) is 4.74 Å². The Hall–Kier alpha value is -1.85. The summed E-state index contributed by atoms with van der Waals surface area (Å²) in [6.45, 7) is 2.67. The SMILES string of the molecule is CCOC(=O)CCN(C)C(=O)Cn1cccn1. The number of carbonyl (C=O) groups is 2. The molecule has 0 fully saturated rings. The maximum Gasteiger partial charge on any atom is 0.307 e. The van der Waals surface area contributed by atoms with E-state index < -0.39 is 0 Å². The zero-order chi connectivity index (χ0) is 12.7. The Morgan fingerprint density at radius 3 is 2.82 bits per heavy atom. The molecule has 0 aliphatic rings. The molecule has 0 N–H and O–H groups in total. The third-order valence-electron chi connectivity index (χ3n) is 2.24. The van der Waals surface area contributed by atoms with E-state index in [2.05, 4.69) is 5.10 Å². The monoisotopic (exact) mass is 239 g/mol. The van der Waals surface area contributed by atoms with Gasteiger partial charge in [-0.1, -0.05) is 0 Å². The van der Waals surface area contributed by atoms with Crippen LogP contribution in [0.4, 0.5) is 0 Å². The number of carbonyl (C=O) groups excluding carboxylic acids is 2. The molecule has 1 amide bonds. The van der Waals surface area contributed by atoms with Gasteiger partial charge in [0.05, 0.1) is 13.0 Å². The number of esters is 1. The molecule has 6 heteroatoms. The average Bonchev–Trinajstić information content (AvgIpc) is 2.79. The number of hydrogen-bond acceptors (Lipinski definition) is 4. The van der Waals surface area contributed by atoms with Crippen molar-refractivity contribution in [1.82, 2.24) is 14.7 Å². The lowest BCUT2D eigenvalue weighted by Crippen LogP contribution is -2.32. The summed E-state index contributed by atoms with van der Waals surface area (Å²) in [5.41, 5.74) is 0. The number of rotatable bonds is 6. The first-order valence-corrected chi connectivity index (χ1v) is 5.50. The minimum absolute atomic E-state index is 0.0852. The van der Waals surface area contributed by atoms with E-state index in [9.17, 15) is 9.59 Å². The van der Waals surface area contributed by atoms with Gasteiger partial charge in [-0.15, -0.1) is 0 Å². The summed E-state index contributed by atoms with van der Waals surface area (Å²) in [5.74, 6) is -0.371. The summed E-state index contributed by atoms with van der Waals surface area (Å²) in [4.78, 5) is 24.3. The van der Waals surface area contributed by atoms with Gasteiger partial charge in [-0.2, -0.15) is 5.10 Å². The fourth-order valence-electron chi connectivity index (χ4n) is 1.27. The van der Waals surface area contributed by atoms with Crippen molar-refractivity contribution in [3.05, 3.63) is 18.5 Å². The van der Waals surface area contributed by atoms with Crippen LogP contribution in [0, 0.1) is 0 Å². The molecule has 0 saturated carbocycles. The minimum Gasteiger partial charge on any atom is -0.466 e. The molecule has 0 bridgehead atoms. The summed E-state index contributed by atoms with van der Waals surface area (Å²) in [5, 5.41) is 3.94. The number of amides is 1. The summed E-state index contributed by atoms with van der Waals surface area (Å²) in [7, 11) is 1.66. The lowest BCUT2D eigenvalue weighted by atomic mass is 10.4. The molecule has 17 heavy (non-hydrogen) atoms. The first kappa shape index (κ1) is 13.2. The fourth-order valence-corrected chi connectivity index (χ4v) is 1.27. The van der Waals surface area contributed by atoms with Gasteiger partial charge in [-0.25, -0.2) is 0 Å². The Kier molecular flexibility index (Phi) is 5.19. The van der Waals surface area contributed by atoms with Crippen LogP contribution in [-0.2, 0) is 20.9 Å². The van der Waals surface area contributed by atoms with Crippen molar-refractivity contribution in [1.29, 1.82) is 0 Å². The van der Waals surface area contributed by atoms with E-state index >= 15 is 0 Å². The van der Waals surface area contributed by atoms with Crippen molar-refractivity contribution >= 4 is 11.9 Å². The molecule has 0 saturated heterocycles. The van der Waals surface area contributed by atoms with Gasteiger partial charge in [0.25, 0.3) is 0 Å². The van der Waals surface area contributed by atoms with Crippen LogP contribution in [0.25, 0.3) is 0 Å². The standard InChI is InChI=1S/C11H17N3O3/c1-3-17-11(16)5-8-13(2)10(15)9-14-7-4-6-12-14/h4,6-7H,3,5,8-9H2,1-2H3. The van der Waals surface area contributed by atoms with Gasteiger partial charge in [0.2, 0.25) is 5.91 Å². The normalized spacial score (nSPS) is 10.0. The zero-order valence-electron chi connectivity index (χ0n) is 10.1. The largest absolute Gasteiger partial charge is 0.466 e. The number of nitrogens with zero attached hydrogens (tertiary/aromatic N) is 3. The second-order valence-electron chi connectivity index (χ2n) is 3.57. The lowest BCUT2D eigenvalue weighted by molar-refractivity contribution is -0.143. The maximum atomic E-state index is 11.7. The molecule has 6 nitrogen and oxygen atoms in total. The predicted octanol–water partition coefficient (Wildman–Crippen LogP) is 0.295. The minimum atomic E-state index is -0.286. The third-order valence-corrected chi connectivity index (χ3v) is 2.24. The second-order valence-corrected chi connectivity index (χ2v) is 3.57. The molecule has 0 radical (unpaired) electrons. The molecule has 0 unspecified atom stereocenters. The van der Waals surface area contributed by atoms with Gasteiger partial charge in [0.15, 0.2) is 0 Å². The third kappa shape index (κ3) is 4.67. The summed E-state index contributed by atoms with van der Waals surface area (Å²) in [6.07, 6.45) is 3.55. The number of ether oxygens (including phenoxy) is 1. The zero-order valence-corrected chi connectivity index (χ0v) is 10.1. The van der Waals surface area contributed by atoms with Crippen LogP contribution in [-0.4, -0.2) is 46.8 Å². The second kappa shape index (κ2) is 6.67. The van der Waals surface area contributed by atoms with E-state index in [1.54, 1.807) is 37.1 Å². The molecule has 1 rings (SSSR count). The molecule has 0 aliphatic heterocycles. The quantitative estimate of drug-likeness (QED) is 0.669. The molecule has 1 aromatic rings. The van der Waals surface area contributed by atoms with Crippen LogP contribution >= 0.6 is 0 Å². The van der Waals surface area contributed by atoms with E-state index in [1.807, 2.05) is 0 Å². The summed E-state index contributed by atoms with van der Waals surface area (Å²) in [6, 6.07) is 1.76. The number of hydrogen-bond donors (Lipinski definition) is 0. The summed E-state index contributed by atoms with van der Waals surface area (Å²) < 4.78 is 6.33. The van der Waals surface area contributed by atoms with E-state index in [0.29, 0.717) is 13.2 Å². The highest BCUT2D eigenvalue weighted by Gasteiger charge is 2.11. The Bertz CT molecular complexity index is 362. The van der Waals surface area contributed by atoms with Crippen molar-refractivity contribution < 1.29 is 14.3 Å². The molecular weight excluding hydrogens is 222 g/mol. The van der Waals surface area contributed by atoms with Gasteiger partial charge in [0.1, 0.15) is 6.54 Å². The Morgan fingerprint density at radius 1 is 1.47 bits per heavy atom. The smallest absolute Gasteiger partial charge is 0.307 e. The molecule has 0 aromatic carbocycles. The highest BCUT2D eigenvalue weighted by molar-refractivity contribution is 5.76. The molecule has 0 atom stereocenters. The van der Waals surface area contributed by atoms with Crippen LogP contribution in [0.2, 0.25) is 0 Å². The fraction of sp³-hybridized carbons (Fsp3) is 0.545. The van der Waals surface area contributed by atoms with Gasteiger partial charge < -0.3 is 9.64 Å². The van der Waals surface area contributed by atoms with Crippen LogP contribution in [0.1, 0.15) is 13.3 Å². The molecule has 94 valence electrons. The van der Waals surface area contributed by atoms with E-state index in [0.717, 1.165) is 0 Å². The average molecular weight is 239 g/mol.